The number of aromatic nitrogens is 1. The number of nitrogens with zero attached hydrogens (tertiary/aromatic N) is 2. The topological polar surface area (TPSA) is 70.5 Å². The number of rotatable bonds is 4. The summed E-state index contributed by atoms with van der Waals surface area (Å²) in [5.41, 5.74) is 0. The summed E-state index contributed by atoms with van der Waals surface area (Å²) in [7, 11) is 0. The molecule has 1 atom stereocenters. The second-order valence-electron chi connectivity index (χ2n) is 4.17. The van der Waals surface area contributed by atoms with Crippen LogP contribution in [0.15, 0.2) is 11.6 Å². The number of carboxylic acid groups (broad SMARTS) is 1. The van der Waals surface area contributed by atoms with E-state index in [0.717, 1.165) is 13.0 Å². The van der Waals surface area contributed by atoms with Crippen molar-refractivity contribution in [3.8, 4) is 0 Å². The van der Waals surface area contributed by atoms with Gasteiger partial charge >= 0.3 is 5.97 Å². The fraction of sp³-hybridized carbons (Fsp3) is 0.545. The van der Waals surface area contributed by atoms with E-state index < -0.39 is 5.97 Å². The van der Waals surface area contributed by atoms with Crippen LogP contribution in [0.4, 0.5) is 0 Å². The van der Waals surface area contributed by atoms with Gasteiger partial charge in [-0.2, -0.15) is 0 Å². The summed E-state index contributed by atoms with van der Waals surface area (Å²) in [6.45, 7) is 1.53. The number of carbonyl (C=O) groups is 2. The van der Waals surface area contributed by atoms with E-state index in [2.05, 4.69) is 4.98 Å². The number of hydrogen-bond acceptors (Lipinski definition) is 5. The number of hydrogen-bond donors (Lipinski definition) is 1. The molecule has 0 aromatic carbocycles. The molecule has 1 N–H and O–H groups in total. The zero-order chi connectivity index (χ0) is 12.3. The predicted octanol–water partition coefficient (Wildman–Crippen LogP) is 1.12. The Bertz CT molecular complexity index is 405. The minimum absolute atomic E-state index is 0.0222. The van der Waals surface area contributed by atoms with Crippen LogP contribution in [0, 0.1) is 5.92 Å². The number of likely N-dealkylation sites (tertiary alicyclic amines) is 1. The van der Waals surface area contributed by atoms with Crippen LogP contribution in [-0.2, 0) is 4.79 Å². The van der Waals surface area contributed by atoms with E-state index in [4.69, 9.17) is 5.11 Å². The molecule has 1 aromatic heterocycles. The molecule has 0 radical (unpaired) electrons. The van der Waals surface area contributed by atoms with E-state index in [1.807, 2.05) is 4.90 Å². The zero-order valence-corrected chi connectivity index (χ0v) is 10.2. The molecule has 1 saturated heterocycles. The number of carbonyl (C=O) groups excluding carboxylic acids is 1. The van der Waals surface area contributed by atoms with Gasteiger partial charge in [-0.15, -0.1) is 11.3 Å². The molecular weight excluding hydrogens is 240 g/mol. The molecule has 0 spiro atoms. The van der Waals surface area contributed by atoms with Crippen molar-refractivity contribution in [2.24, 2.45) is 5.92 Å². The van der Waals surface area contributed by atoms with Crippen LogP contribution >= 0.6 is 11.3 Å². The van der Waals surface area contributed by atoms with Crippen molar-refractivity contribution in [3.05, 3.63) is 16.6 Å². The van der Waals surface area contributed by atoms with Gasteiger partial charge in [0.2, 0.25) is 5.78 Å². The summed E-state index contributed by atoms with van der Waals surface area (Å²) >= 11 is 1.32. The van der Waals surface area contributed by atoms with Gasteiger partial charge < -0.3 is 5.11 Å². The zero-order valence-electron chi connectivity index (χ0n) is 9.33. The maximum absolute atomic E-state index is 11.8. The molecule has 1 aromatic rings. The summed E-state index contributed by atoms with van der Waals surface area (Å²) in [6, 6.07) is 0. The van der Waals surface area contributed by atoms with Crippen LogP contribution in [0.1, 0.15) is 22.6 Å². The standard InChI is InChI=1S/C11H14N2O3S/c14-9(10-12-3-5-17-10)7-13-4-1-2-8(6-13)11(15)16/h3,5,8H,1-2,4,6-7H2,(H,15,16). The molecule has 6 heteroatoms. The molecule has 1 aliphatic heterocycles. The maximum atomic E-state index is 11.8. The summed E-state index contributed by atoms with van der Waals surface area (Å²) in [6.07, 6.45) is 3.15. The minimum atomic E-state index is -0.767. The van der Waals surface area contributed by atoms with Crippen LogP contribution < -0.4 is 0 Å². The lowest BCUT2D eigenvalue weighted by Crippen LogP contribution is -2.41. The number of carboxylic acids is 1. The summed E-state index contributed by atoms with van der Waals surface area (Å²) in [5.74, 6) is -1.13. The second kappa shape index (κ2) is 5.37. The van der Waals surface area contributed by atoms with Crippen LogP contribution in [0.3, 0.4) is 0 Å². The SMILES string of the molecule is O=C(CN1CCCC(C(=O)O)C1)c1nccs1. The van der Waals surface area contributed by atoms with Crippen molar-refractivity contribution in [3.63, 3.8) is 0 Å². The first-order valence-electron chi connectivity index (χ1n) is 5.54. The smallest absolute Gasteiger partial charge is 0.307 e. The van der Waals surface area contributed by atoms with Gasteiger partial charge in [-0.25, -0.2) is 4.98 Å². The van der Waals surface area contributed by atoms with Gasteiger partial charge in [0.15, 0.2) is 5.01 Å². The molecule has 2 heterocycles. The van der Waals surface area contributed by atoms with Gasteiger partial charge in [0.05, 0.1) is 12.5 Å². The van der Waals surface area contributed by atoms with Crippen LogP contribution in [0.5, 0.6) is 0 Å². The lowest BCUT2D eigenvalue weighted by atomic mass is 9.98. The van der Waals surface area contributed by atoms with E-state index >= 15 is 0 Å². The summed E-state index contributed by atoms with van der Waals surface area (Å²) in [5, 5.41) is 11.2. The Balaban J connectivity index is 1.91. The molecule has 0 amide bonds. The third-order valence-electron chi connectivity index (χ3n) is 2.89. The van der Waals surface area contributed by atoms with Gasteiger partial charge in [0.1, 0.15) is 0 Å². The number of ketones is 1. The highest BCUT2D eigenvalue weighted by Crippen LogP contribution is 2.17. The van der Waals surface area contributed by atoms with E-state index in [-0.39, 0.29) is 18.2 Å². The third kappa shape index (κ3) is 3.10. The Morgan fingerprint density at radius 3 is 3.06 bits per heavy atom. The number of piperidine rings is 1. The van der Waals surface area contributed by atoms with Crippen LogP contribution in [0.25, 0.3) is 0 Å². The Hall–Kier alpha value is -1.27. The number of thiazole rings is 1. The van der Waals surface area contributed by atoms with Gasteiger partial charge in [-0.3, -0.25) is 14.5 Å². The second-order valence-corrected chi connectivity index (χ2v) is 5.07. The fourth-order valence-electron chi connectivity index (χ4n) is 2.03. The molecule has 5 nitrogen and oxygen atoms in total. The molecule has 1 fully saturated rings. The van der Waals surface area contributed by atoms with E-state index in [9.17, 15) is 9.59 Å². The lowest BCUT2D eigenvalue weighted by Gasteiger charge is -2.29. The molecule has 2 rings (SSSR count). The molecule has 1 aliphatic rings. The van der Waals surface area contributed by atoms with E-state index in [1.54, 1.807) is 11.6 Å². The fourth-order valence-corrected chi connectivity index (χ4v) is 2.60. The molecule has 92 valence electrons. The average Bonchev–Trinajstić information content (AvgIpc) is 2.82. The van der Waals surface area contributed by atoms with E-state index in [0.29, 0.717) is 18.0 Å². The van der Waals surface area contributed by atoms with Crippen molar-refractivity contribution in [2.75, 3.05) is 19.6 Å². The van der Waals surface area contributed by atoms with Crippen molar-refractivity contribution >= 4 is 23.1 Å². The average molecular weight is 254 g/mol. The molecule has 1 unspecified atom stereocenters. The molecule has 0 bridgehead atoms. The monoisotopic (exact) mass is 254 g/mol. The van der Waals surface area contributed by atoms with Crippen molar-refractivity contribution in [2.45, 2.75) is 12.8 Å². The Labute approximate surface area is 103 Å². The Kier molecular flexibility index (Phi) is 3.86. The van der Waals surface area contributed by atoms with Crippen molar-refractivity contribution < 1.29 is 14.7 Å². The Morgan fingerprint density at radius 2 is 2.41 bits per heavy atom. The summed E-state index contributed by atoms with van der Waals surface area (Å²) < 4.78 is 0. The molecular formula is C11H14N2O3S. The first kappa shape index (κ1) is 12.2. The van der Waals surface area contributed by atoms with Gasteiger partial charge in [0.25, 0.3) is 0 Å². The first-order valence-corrected chi connectivity index (χ1v) is 6.42. The highest BCUT2D eigenvalue weighted by molar-refractivity contribution is 7.11. The van der Waals surface area contributed by atoms with E-state index in [1.165, 1.54) is 11.3 Å². The highest BCUT2D eigenvalue weighted by atomic mass is 32.1. The molecule has 17 heavy (non-hydrogen) atoms. The molecule has 0 saturated carbocycles. The number of aliphatic carboxylic acids is 1. The summed E-state index contributed by atoms with van der Waals surface area (Å²) in [4.78, 5) is 28.6. The van der Waals surface area contributed by atoms with Gasteiger partial charge in [-0.05, 0) is 19.4 Å². The third-order valence-corrected chi connectivity index (χ3v) is 3.71. The predicted molar refractivity (Wildman–Crippen MR) is 63.2 cm³/mol. The maximum Gasteiger partial charge on any atom is 0.307 e. The normalized spacial score (nSPS) is 21.3. The quantitative estimate of drug-likeness (QED) is 0.815. The highest BCUT2D eigenvalue weighted by Gasteiger charge is 2.26. The molecule has 0 aliphatic carbocycles. The Morgan fingerprint density at radius 1 is 1.59 bits per heavy atom. The van der Waals surface area contributed by atoms with Crippen molar-refractivity contribution in [1.29, 1.82) is 0 Å². The van der Waals surface area contributed by atoms with Crippen LogP contribution in [-0.4, -0.2) is 46.4 Å². The van der Waals surface area contributed by atoms with Gasteiger partial charge in [-0.1, -0.05) is 0 Å². The van der Waals surface area contributed by atoms with Gasteiger partial charge in [0, 0.05) is 18.1 Å². The number of Topliss-reactive ketones (excluding diaryl/α,β-unsaturated/α-hetero) is 1. The van der Waals surface area contributed by atoms with Crippen LogP contribution in [0.2, 0.25) is 0 Å². The first-order chi connectivity index (χ1) is 8.16. The van der Waals surface area contributed by atoms with Crippen molar-refractivity contribution in [1.82, 2.24) is 9.88 Å². The minimum Gasteiger partial charge on any atom is -0.481 e. The lowest BCUT2D eigenvalue weighted by molar-refractivity contribution is -0.143. The largest absolute Gasteiger partial charge is 0.481 e.